The average Bonchev–Trinajstić information content (AvgIpc) is 3.00. The van der Waals surface area contributed by atoms with Crippen molar-refractivity contribution in [2.75, 3.05) is 6.79 Å². The zero-order chi connectivity index (χ0) is 17.2. The summed E-state index contributed by atoms with van der Waals surface area (Å²) in [5.41, 5.74) is 0.679. The summed E-state index contributed by atoms with van der Waals surface area (Å²) in [5.74, 6) is 0.441. The van der Waals surface area contributed by atoms with Gasteiger partial charge >= 0.3 is 0 Å². The van der Waals surface area contributed by atoms with E-state index in [0.29, 0.717) is 22.1 Å². The van der Waals surface area contributed by atoms with Crippen LogP contribution in [0.3, 0.4) is 0 Å². The Morgan fingerprint density at radius 1 is 1.08 bits per heavy atom. The molecule has 1 aliphatic heterocycles. The highest BCUT2D eigenvalue weighted by atomic mass is 35.5. The van der Waals surface area contributed by atoms with Crippen molar-refractivity contribution in [1.82, 2.24) is 4.72 Å². The molecule has 0 aliphatic carbocycles. The zero-order valence-electron chi connectivity index (χ0n) is 12.2. The van der Waals surface area contributed by atoms with Crippen LogP contribution in [0.1, 0.15) is 5.56 Å². The van der Waals surface area contributed by atoms with Gasteiger partial charge in [0.05, 0.1) is 4.90 Å². The van der Waals surface area contributed by atoms with Crippen LogP contribution in [0.15, 0.2) is 53.4 Å². The third kappa shape index (κ3) is 3.69. The fraction of sp³-hybridized carbons (Fsp3) is 0.0625. The van der Waals surface area contributed by atoms with Gasteiger partial charge in [0, 0.05) is 11.1 Å². The van der Waals surface area contributed by atoms with Crippen LogP contribution in [0, 0.1) is 0 Å². The predicted molar refractivity (Wildman–Crippen MR) is 88.4 cm³/mol. The standard InChI is InChI=1S/C16H12ClNO5S/c17-12-3-5-13(6-4-12)24(20,21)18-16(19)8-2-11-1-7-14-15(9-11)23-10-22-14/h1-9H,10H2,(H,18,19)/b8-2+. The van der Waals surface area contributed by atoms with E-state index in [2.05, 4.69) is 0 Å². The number of hydrogen-bond donors (Lipinski definition) is 1. The lowest BCUT2D eigenvalue weighted by molar-refractivity contribution is -0.114. The van der Waals surface area contributed by atoms with Gasteiger partial charge in [0.15, 0.2) is 11.5 Å². The number of hydrogen-bond acceptors (Lipinski definition) is 5. The van der Waals surface area contributed by atoms with Crippen molar-refractivity contribution in [3.8, 4) is 11.5 Å². The molecule has 0 radical (unpaired) electrons. The summed E-state index contributed by atoms with van der Waals surface area (Å²) in [6.07, 6.45) is 2.61. The number of fused-ring (bicyclic) bond motifs is 1. The highest BCUT2D eigenvalue weighted by Crippen LogP contribution is 2.32. The van der Waals surface area contributed by atoms with E-state index in [0.717, 1.165) is 6.08 Å². The molecule has 0 fully saturated rings. The summed E-state index contributed by atoms with van der Waals surface area (Å²) in [4.78, 5) is 11.8. The van der Waals surface area contributed by atoms with Crippen molar-refractivity contribution in [3.05, 3.63) is 59.1 Å². The lowest BCUT2D eigenvalue weighted by Crippen LogP contribution is -2.28. The van der Waals surface area contributed by atoms with Crippen LogP contribution < -0.4 is 14.2 Å². The van der Waals surface area contributed by atoms with E-state index in [9.17, 15) is 13.2 Å². The number of nitrogens with one attached hydrogen (secondary N) is 1. The zero-order valence-corrected chi connectivity index (χ0v) is 13.8. The predicted octanol–water partition coefficient (Wildman–Crippen LogP) is 2.59. The Morgan fingerprint density at radius 2 is 1.79 bits per heavy atom. The Kier molecular flexibility index (Phi) is 4.46. The maximum Gasteiger partial charge on any atom is 0.264 e. The van der Waals surface area contributed by atoms with E-state index >= 15 is 0 Å². The normalized spacial score (nSPS) is 13.2. The average molecular weight is 366 g/mol. The van der Waals surface area contributed by atoms with Gasteiger partial charge in [-0.05, 0) is 48.0 Å². The molecule has 2 aromatic carbocycles. The molecule has 1 aliphatic rings. The van der Waals surface area contributed by atoms with Gasteiger partial charge in [-0.15, -0.1) is 0 Å². The lowest BCUT2D eigenvalue weighted by Gasteiger charge is -2.04. The Bertz CT molecular complexity index is 907. The lowest BCUT2D eigenvalue weighted by atomic mass is 10.2. The number of halogens is 1. The van der Waals surface area contributed by atoms with Crippen molar-refractivity contribution < 1.29 is 22.7 Å². The highest BCUT2D eigenvalue weighted by Gasteiger charge is 2.16. The van der Waals surface area contributed by atoms with Crippen LogP contribution >= 0.6 is 11.6 Å². The molecule has 0 saturated carbocycles. The molecule has 1 N–H and O–H groups in total. The van der Waals surface area contributed by atoms with E-state index in [4.69, 9.17) is 21.1 Å². The number of amides is 1. The molecule has 124 valence electrons. The van der Waals surface area contributed by atoms with Crippen LogP contribution in [0.5, 0.6) is 11.5 Å². The van der Waals surface area contributed by atoms with E-state index in [1.165, 1.54) is 30.3 Å². The highest BCUT2D eigenvalue weighted by molar-refractivity contribution is 7.90. The molecule has 8 heteroatoms. The smallest absolute Gasteiger partial charge is 0.264 e. The second-order valence-corrected chi connectivity index (χ2v) is 6.99. The van der Waals surface area contributed by atoms with Crippen LogP contribution in [-0.4, -0.2) is 21.1 Å². The first-order valence-corrected chi connectivity index (χ1v) is 8.70. The number of benzene rings is 2. The third-order valence-electron chi connectivity index (χ3n) is 3.18. The second-order valence-electron chi connectivity index (χ2n) is 4.87. The molecule has 3 rings (SSSR count). The molecule has 0 spiro atoms. The fourth-order valence-electron chi connectivity index (χ4n) is 2.03. The molecule has 6 nitrogen and oxygen atoms in total. The van der Waals surface area contributed by atoms with E-state index in [1.807, 2.05) is 4.72 Å². The molecule has 2 aromatic rings. The first-order valence-electron chi connectivity index (χ1n) is 6.84. The van der Waals surface area contributed by atoms with Crippen LogP contribution in [-0.2, 0) is 14.8 Å². The van der Waals surface area contributed by atoms with E-state index in [-0.39, 0.29) is 11.7 Å². The summed E-state index contributed by atoms with van der Waals surface area (Å²) >= 11 is 5.71. The first-order chi connectivity index (χ1) is 11.4. The molecule has 1 heterocycles. The first kappa shape index (κ1) is 16.4. The SMILES string of the molecule is O=C(/C=C/c1ccc2c(c1)OCO2)NS(=O)(=O)c1ccc(Cl)cc1. The van der Waals surface area contributed by atoms with Gasteiger partial charge in [0.2, 0.25) is 6.79 Å². The maximum atomic E-state index is 12.1. The molecular weight excluding hydrogens is 354 g/mol. The van der Waals surface area contributed by atoms with Gasteiger partial charge in [0.25, 0.3) is 15.9 Å². The van der Waals surface area contributed by atoms with Crippen LogP contribution in [0.25, 0.3) is 6.08 Å². The minimum absolute atomic E-state index is 0.0447. The number of carbonyl (C=O) groups excluding carboxylic acids is 1. The molecule has 0 unspecified atom stereocenters. The number of sulfonamides is 1. The summed E-state index contributed by atoms with van der Waals surface area (Å²) < 4.78 is 36.5. The molecule has 24 heavy (non-hydrogen) atoms. The quantitative estimate of drug-likeness (QED) is 0.842. The second kappa shape index (κ2) is 6.54. The third-order valence-corrected chi connectivity index (χ3v) is 4.80. The van der Waals surface area contributed by atoms with Gasteiger partial charge < -0.3 is 9.47 Å². The summed E-state index contributed by atoms with van der Waals surface area (Å²) in [7, 11) is -3.94. The topological polar surface area (TPSA) is 81.7 Å². The summed E-state index contributed by atoms with van der Waals surface area (Å²) in [5, 5.41) is 0.406. The Hall–Kier alpha value is -2.51. The van der Waals surface area contributed by atoms with Crippen molar-refractivity contribution in [1.29, 1.82) is 0 Å². The van der Waals surface area contributed by atoms with E-state index in [1.54, 1.807) is 18.2 Å². The Balaban J connectivity index is 1.69. The molecular formula is C16H12ClNO5S. The number of ether oxygens (including phenoxy) is 2. The van der Waals surface area contributed by atoms with Crippen LogP contribution in [0.2, 0.25) is 5.02 Å². The molecule has 0 bridgehead atoms. The number of carbonyl (C=O) groups is 1. The van der Waals surface area contributed by atoms with Gasteiger partial charge in [-0.2, -0.15) is 0 Å². The van der Waals surface area contributed by atoms with Gasteiger partial charge in [-0.25, -0.2) is 13.1 Å². The minimum Gasteiger partial charge on any atom is -0.454 e. The summed E-state index contributed by atoms with van der Waals surface area (Å²) in [6, 6.07) is 10.6. The molecule has 0 aromatic heterocycles. The largest absolute Gasteiger partial charge is 0.454 e. The Labute approximate surface area is 143 Å². The van der Waals surface area contributed by atoms with Gasteiger partial charge in [-0.3, -0.25) is 4.79 Å². The van der Waals surface area contributed by atoms with Gasteiger partial charge in [-0.1, -0.05) is 17.7 Å². The molecule has 1 amide bonds. The maximum absolute atomic E-state index is 12.1. The summed E-state index contributed by atoms with van der Waals surface area (Å²) in [6.45, 7) is 0.155. The van der Waals surface area contributed by atoms with Crippen molar-refractivity contribution in [3.63, 3.8) is 0 Å². The van der Waals surface area contributed by atoms with Crippen LogP contribution in [0.4, 0.5) is 0 Å². The minimum atomic E-state index is -3.94. The van der Waals surface area contributed by atoms with E-state index < -0.39 is 15.9 Å². The molecule has 0 atom stereocenters. The number of rotatable bonds is 4. The van der Waals surface area contributed by atoms with Crippen molar-refractivity contribution in [2.24, 2.45) is 0 Å². The fourth-order valence-corrected chi connectivity index (χ4v) is 3.10. The monoisotopic (exact) mass is 365 g/mol. The van der Waals surface area contributed by atoms with Gasteiger partial charge in [0.1, 0.15) is 0 Å². The van der Waals surface area contributed by atoms with Crippen molar-refractivity contribution >= 4 is 33.6 Å². The molecule has 0 saturated heterocycles. The Morgan fingerprint density at radius 3 is 2.54 bits per heavy atom. The van der Waals surface area contributed by atoms with Crippen molar-refractivity contribution in [2.45, 2.75) is 4.90 Å².